The van der Waals surface area contributed by atoms with Gasteiger partial charge in [0, 0.05) is 10.9 Å². The number of halogens is 1. The summed E-state index contributed by atoms with van der Waals surface area (Å²) in [6.45, 7) is 0. The number of fused-ring (bicyclic) bond motifs is 2. The molecule has 1 aliphatic rings. The van der Waals surface area contributed by atoms with Crippen LogP contribution in [0.15, 0.2) is 54.6 Å². The third-order valence-electron chi connectivity index (χ3n) is 4.87. The molecule has 2 unspecified atom stereocenters. The molecule has 2 aromatic carbocycles. The number of carbonyl (C=O) groups excluding carboxylic acids is 2. The number of nitrogens with one attached hydrogen (secondary N) is 1. The molecule has 1 N–H and O–H groups in total. The van der Waals surface area contributed by atoms with Gasteiger partial charge in [-0.15, -0.1) is 11.6 Å². The maximum atomic E-state index is 12.0. The zero-order valence-corrected chi connectivity index (χ0v) is 14.2. The second kappa shape index (κ2) is 6.37. The van der Waals surface area contributed by atoms with Crippen molar-refractivity contribution >= 4 is 34.7 Å². The molecule has 0 saturated carbocycles. The lowest BCUT2D eigenvalue weighted by atomic mass is 10.1. The molecular formula is C20H17ClN2O2. The van der Waals surface area contributed by atoms with Crippen LogP contribution in [0.25, 0.3) is 10.9 Å². The molecule has 0 aliphatic heterocycles. The molecule has 0 spiro atoms. The molecule has 1 aliphatic carbocycles. The van der Waals surface area contributed by atoms with Gasteiger partial charge in [-0.05, 0) is 29.7 Å². The smallest absolute Gasteiger partial charge is 0.235 e. The number of amides is 1. The molecular weight excluding hydrogens is 336 g/mol. The molecule has 0 bridgehead atoms. The minimum atomic E-state index is -0.211. The van der Waals surface area contributed by atoms with Crippen LogP contribution >= 0.6 is 11.6 Å². The Hall–Kier alpha value is -2.59. The molecule has 5 heteroatoms. The molecule has 25 heavy (non-hydrogen) atoms. The Kier molecular flexibility index (Phi) is 4.06. The first kappa shape index (κ1) is 15.9. The van der Waals surface area contributed by atoms with E-state index in [2.05, 4.69) is 11.4 Å². The van der Waals surface area contributed by atoms with Gasteiger partial charge in [-0.1, -0.05) is 42.5 Å². The monoisotopic (exact) mass is 352 g/mol. The quantitative estimate of drug-likeness (QED) is 0.575. The highest BCUT2D eigenvalue weighted by Crippen LogP contribution is 2.41. The van der Waals surface area contributed by atoms with Gasteiger partial charge >= 0.3 is 0 Å². The van der Waals surface area contributed by atoms with Crippen LogP contribution in [-0.2, 0) is 11.2 Å². The predicted molar refractivity (Wildman–Crippen MR) is 98.1 cm³/mol. The SMILES string of the molecule is O=Cc1cc2ccccc2n1C1Cc2ccccc2C1NC(=O)CCl. The summed E-state index contributed by atoms with van der Waals surface area (Å²) in [5.41, 5.74) is 3.87. The molecule has 1 heterocycles. The molecule has 4 nitrogen and oxygen atoms in total. The summed E-state index contributed by atoms with van der Waals surface area (Å²) in [5.74, 6) is -0.296. The van der Waals surface area contributed by atoms with Crippen molar-refractivity contribution in [2.75, 3.05) is 5.88 Å². The molecule has 1 amide bonds. The van der Waals surface area contributed by atoms with Crippen LogP contribution in [0.2, 0.25) is 0 Å². The standard InChI is InChI=1S/C20H17ClN2O2/c21-11-19(25)22-20-16-7-3-1-5-13(16)10-18(20)23-15(12-24)9-14-6-2-4-8-17(14)23/h1-9,12,18,20H,10-11H2,(H,22,25). The molecule has 0 saturated heterocycles. The number of aromatic nitrogens is 1. The third kappa shape index (κ3) is 2.63. The van der Waals surface area contributed by atoms with E-state index < -0.39 is 0 Å². The van der Waals surface area contributed by atoms with Crippen LogP contribution in [-0.4, -0.2) is 22.6 Å². The Labute approximate surface area is 150 Å². The first-order valence-electron chi connectivity index (χ1n) is 8.21. The van der Waals surface area contributed by atoms with Gasteiger partial charge in [0.05, 0.1) is 17.8 Å². The van der Waals surface area contributed by atoms with Crippen molar-refractivity contribution in [3.8, 4) is 0 Å². The van der Waals surface area contributed by atoms with Crippen LogP contribution in [0.4, 0.5) is 0 Å². The minimum absolute atomic E-state index is 0.0651. The van der Waals surface area contributed by atoms with Crippen LogP contribution in [0.1, 0.15) is 33.7 Å². The first-order valence-corrected chi connectivity index (χ1v) is 8.74. The van der Waals surface area contributed by atoms with E-state index in [1.807, 2.05) is 53.1 Å². The Morgan fingerprint density at radius 1 is 1.20 bits per heavy atom. The van der Waals surface area contributed by atoms with E-state index in [0.717, 1.165) is 29.2 Å². The Morgan fingerprint density at radius 3 is 2.76 bits per heavy atom. The van der Waals surface area contributed by atoms with Crippen molar-refractivity contribution in [1.82, 2.24) is 9.88 Å². The van der Waals surface area contributed by atoms with E-state index in [-0.39, 0.29) is 23.9 Å². The van der Waals surface area contributed by atoms with Gasteiger partial charge in [0.15, 0.2) is 6.29 Å². The molecule has 2 atom stereocenters. The molecule has 3 aromatic rings. The summed E-state index contributed by atoms with van der Waals surface area (Å²) in [4.78, 5) is 23.7. The highest BCUT2D eigenvalue weighted by atomic mass is 35.5. The van der Waals surface area contributed by atoms with Gasteiger partial charge in [0.1, 0.15) is 5.88 Å². The summed E-state index contributed by atoms with van der Waals surface area (Å²) in [5, 5.41) is 4.05. The maximum absolute atomic E-state index is 12.0. The first-order chi connectivity index (χ1) is 12.2. The summed E-state index contributed by atoms with van der Waals surface area (Å²) in [6.07, 6.45) is 1.63. The number of rotatable bonds is 4. The second-order valence-electron chi connectivity index (χ2n) is 6.26. The number of para-hydroxylation sites is 1. The maximum Gasteiger partial charge on any atom is 0.235 e. The van der Waals surface area contributed by atoms with Gasteiger partial charge in [-0.25, -0.2) is 0 Å². The fourth-order valence-electron chi connectivity index (χ4n) is 3.86. The molecule has 4 rings (SSSR count). The van der Waals surface area contributed by atoms with Crippen molar-refractivity contribution in [3.05, 3.63) is 71.4 Å². The molecule has 1 aromatic heterocycles. The second-order valence-corrected chi connectivity index (χ2v) is 6.53. The van der Waals surface area contributed by atoms with E-state index in [1.54, 1.807) is 0 Å². The fourth-order valence-corrected chi connectivity index (χ4v) is 3.94. The van der Waals surface area contributed by atoms with Crippen LogP contribution in [0.3, 0.4) is 0 Å². The third-order valence-corrected chi connectivity index (χ3v) is 5.11. The summed E-state index contributed by atoms with van der Waals surface area (Å²) >= 11 is 5.71. The number of nitrogens with zero attached hydrogens (tertiary/aromatic N) is 1. The van der Waals surface area contributed by atoms with E-state index >= 15 is 0 Å². The topological polar surface area (TPSA) is 51.1 Å². The number of benzene rings is 2. The predicted octanol–water partition coefficient (Wildman–Crippen LogP) is 3.65. The largest absolute Gasteiger partial charge is 0.346 e. The normalized spacial score (nSPS) is 18.9. The van der Waals surface area contributed by atoms with Crippen molar-refractivity contribution < 1.29 is 9.59 Å². The van der Waals surface area contributed by atoms with E-state index in [0.29, 0.717) is 5.69 Å². The lowest BCUT2D eigenvalue weighted by Crippen LogP contribution is -2.33. The van der Waals surface area contributed by atoms with Gasteiger partial charge in [-0.3, -0.25) is 9.59 Å². The number of alkyl halides is 1. The lowest BCUT2D eigenvalue weighted by molar-refractivity contribution is -0.119. The van der Waals surface area contributed by atoms with Crippen molar-refractivity contribution in [2.45, 2.75) is 18.5 Å². The Morgan fingerprint density at radius 2 is 1.96 bits per heavy atom. The molecule has 0 radical (unpaired) electrons. The number of carbonyl (C=O) groups is 2. The van der Waals surface area contributed by atoms with Crippen molar-refractivity contribution in [1.29, 1.82) is 0 Å². The lowest BCUT2D eigenvalue weighted by Gasteiger charge is -2.25. The fraction of sp³-hybridized carbons (Fsp3) is 0.200. The van der Waals surface area contributed by atoms with Crippen LogP contribution in [0.5, 0.6) is 0 Å². The summed E-state index contributed by atoms with van der Waals surface area (Å²) < 4.78 is 2.04. The van der Waals surface area contributed by atoms with Crippen LogP contribution < -0.4 is 5.32 Å². The number of aldehydes is 1. The van der Waals surface area contributed by atoms with Gasteiger partial charge in [-0.2, -0.15) is 0 Å². The van der Waals surface area contributed by atoms with Gasteiger partial charge in [0.25, 0.3) is 0 Å². The van der Waals surface area contributed by atoms with Crippen molar-refractivity contribution in [3.63, 3.8) is 0 Å². The average Bonchev–Trinajstić information content (AvgIpc) is 3.19. The Balaban J connectivity index is 1.87. The Bertz CT molecular complexity index is 963. The summed E-state index contributed by atoms with van der Waals surface area (Å²) in [7, 11) is 0. The summed E-state index contributed by atoms with van der Waals surface area (Å²) in [6, 6.07) is 17.6. The van der Waals surface area contributed by atoms with E-state index in [4.69, 9.17) is 11.6 Å². The minimum Gasteiger partial charge on any atom is -0.346 e. The zero-order chi connectivity index (χ0) is 17.4. The van der Waals surface area contributed by atoms with E-state index in [9.17, 15) is 9.59 Å². The van der Waals surface area contributed by atoms with E-state index in [1.165, 1.54) is 5.56 Å². The average molecular weight is 353 g/mol. The van der Waals surface area contributed by atoms with Crippen LogP contribution in [0, 0.1) is 0 Å². The van der Waals surface area contributed by atoms with Gasteiger partial charge < -0.3 is 9.88 Å². The van der Waals surface area contributed by atoms with Crippen molar-refractivity contribution in [2.24, 2.45) is 0 Å². The number of hydrogen-bond donors (Lipinski definition) is 1. The highest BCUT2D eigenvalue weighted by Gasteiger charge is 2.36. The number of hydrogen-bond acceptors (Lipinski definition) is 2. The zero-order valence-electron chi connectivity index (χ0n) is 13.5. The highest BCUT2D eigenvalue weighted by molar-refractivity contribution is 6.27. The molecule has 0 fully saturated rings. The van der Waals surface area contributed by atoms with Gasteiger partial charge in [0.2, 0.25) is 5.91 Å². The molecule has 126 valence electrons.